The van der Waals surface area contributed by atoms with E-state index in [4.69, 9.17) is 4.74 Å². The van der Waals surface area contributed by atoms with Crippen LogP contribution >= 0.6 is 0 Å². The highest BCUT2D eigenvalue weighted by atomic mass is 16.5. The first-order chi connectivity index (χ1) is 11.2. The number of nitrogens with one attached hydrogen (secondary N) is 1. The average molecular weight is 313 g/mol. The van der Waals surface area contributed by atoms with Crippen molar-refractivity contribution < 1.29 is 9.53 Å². The monoisotopic (exact) mass is 313 g/mol. The van der Waals surface area contributed by atoms with Crippen molar-refractivity contribution in [3.8, 4) is 5.75 Å². The maximum atomic E-state index is 12.7. The molecule has 0 unspecified atom stereocenters. The van der Waals surface area contributed by atoms with Crippen molar-refractivity contribution in [2.45, 2.75) is 32.4 Å². The Kier molecular flexibility index (Phi) is 4.55. The van der Waals surface area contributed by atoms with E-state index in [-0.39, 0.29) is 12.1 Å². The van der Waals surface area contributed by atoms with Gasteiger partial charge in [-0.05, 0) is 30.7 Å². The molecule has 0 radical (unpaired) electrons. The lowest BCUT2D eigenvalue weighted by Crippen LogP contribution is -2.44. The molecule has 1 aliphatic rings. The molecule has 122 valence electrons. The third-order valence-corrected chi connectivity index (χ3v) is 4.31. The highest BCUT2D eigenvalue weighted by molar-refractivity contribution is 5.89. The molecule has 0 saturated heterocycles. The van der Waals surface area contributed by atoms with Crippen molar-refractivity contribution >= 4 is 11.7 Å². The van der Waals surface area contributed by atoms with Gasteiger partial charge in [-0.3, -0.25) is 0 Å². The number of ether oxygens (including phenoxy) is 1. The third kappa shape index (κ3) is 3.18. The van der Waals surface area contributed by atoms with Crippen LogP contribution in [0.4, 0.5) is 10.5 Å². The van der Waals surface area contributed by atoms with Gasteiger partial charge in [0.15, 0.2) is 0 Å². The highest BCUT2D eigenvalue weighted by Crippen LogP contribution is 2.30. The standard InChI is InChI=1S/C18H23N3O2/c1-3-6-17-16-9-5-10-20(16)11-12-21(17)18(22)19-14-7-4-8-15(13-14)23-2/h4-5,7-10,13,17H,3,6,11-12H2,1-2H3,(H,19,22)/t17-/m0/s1. The normalized spacial score (nSPS) is 16.8. The summed E-state index contributed by atoms with van der Waals surface area (Å²) in [7, 11) is 1.62. The summed E-state index contributed by atoms with van der Waals surface area (Å²) in [6.07, 6.45) is 4.10. The zero-order chi connectivity index (χ0) is 16.2. The van der Waals surface area contributed by atoms with E-state index >= 15 is 0 Å². The first kappa shape index (κ1) is 15.5. The fourth-order valence-electron chi connectivity index (χ4n) is 3.18. The van der Waals surface area contributed by atoms with E-state index in [1.165, 1.54) is 5.69 Å². The van der Waals surface area contributed by atoms with Crippen molar-refractivity contribution in [3.05, 3.63) is 48.3 Å². The Morgan fingerprint density at radius 1 is 1.30 bits per heavy atom. The molecule has 2 amide bonds. The number of urea groups is 1. The number of nitrogens with zero attached hydrogens (tertiary/aromatic N) is 2. The molecule has 2 heterocycles. The van der Waals surface area contributed by atoms with Crippen LogP contribution in [-0.2, 0) is 6.54 Å². The average Bonchev–Trinajstić information content (AvgIpc) is 3.04. The van der Waals surface area contributed by atoms with Gasteiger partial charge in [-0.1, -0.05) is 19.4 Å². The molecule has 5 heteroatoms. The number of carbonyl (C=O) groups excluding carboxylic acids is 1. The van der Waals surface area contributed by atoms with Crippen LogP contribution in [0.15, 0.2) is 42.6 Å². The first-order valence-electron chi connectivity index (χ1n) is 8.09. The maximum Gasteiger partial charge on any atom is 0.322 e. The predicted molar refractivity (Wildman–Crippen MR) is 90.8 cm³/mol. The number of methoxy groups -OCH3 is 1. The lowest BCUT2D eigenvalue weighted by molar-refractivity contribution is 0.163. The third-order valence-electron chi connectivity index (χ3n) is 4.31. The Morgan fingerprint density at radius 3 is 2.96 bits per heavy atom. The summed E-state index contributed by atoms with van der Waals surface area (Å²) in [5.74, 6) is 0.737. The summed E-state index contributed by atoms with van der Waals surface area (Å²) in [6.45, 7) is 3.72. The summed E-state index contributed by atoms with van der Waals surface area (Å²) >= 11 is 0. The molecule has 0 aliphatic carbocycles. The number of aromatic nitrogens is 1. The summed E-state index contributed by atoms with van der Waals surface area (Å²) in [5.41, 5.74) is 1.98. The van der Waals surface area contributed by atoms with E-state index < -0.39 is 0 Å². The Hall–Kier alpha value is -2.43. The Bertz CT molecular complexity index is 680. The van der Waals surface area contributed by atoms with Crippen molar-refractivity contribution in [2.24, 2.45) is 0 Å². The lowest BCUT2D eigenvalue weighted by atomic mass is 10.0. The molecular formula is C18H23N3O2. The number of fused-ring (bicyclic) bond motifs is 1. The molecule has 1 aromatic heterocycles. The largest absolute Gasteiger partial charge is 0.497 e. The van der Waals surface area contributed by atoms with E-state index in [2.05, 4.69) is 35.1 Å². The minimum absolute atomic E-state index is 0.0517. The Morgan fingerprint density at radius 2 is 2.17 bits per heavy atom. The molecule has 0 fully saturated rings. The molecule has 1 aliphatic heterocycles. The lowest BCUT2D eigenvalue weighted by Gasteiger charge is -2.37. The summed E-state index contributed by atoms with van der Waals surface area (Å²) in [6, 6.07) is 11.7. The van der Waals surface area contributed by atoms with Crippen LogP contribution in [0.1, 0.15) is 31.5 Å². The molecule has 5 nitrogen and oxygen atoms in total. The van der Waals surface area contributed by atoms with Gasteiger partial charge in [-0.25, -0.2) is 4.79 Å². The number of anilines is 1. The van der Waals surface area contributed by atoms with Gasteiger partial charge in [0.2, 0.25) is 0 Å². The van der Waals surface area contributed by atoms with E-state index in [0.717, 1.165) is 37.4 Å². The van der Waals surface area contributed by atoms with E-state index in [0.29, 0.717) is 0 Å². The van der Waals surface area contributed by atoms with Gasteiger partial charge in [0.25, 0.3) is 0 Å². The molecule has 1 atom stereocenters. The fourth-order valence-corrected chi connectivity index (χ4v) is 3.18. The zero-order valence-corrected chi connectivity index (χ0v) is 13.7. The summed E-state index contributed by atoms with van der Waals surface area (Å²) in [4.78, 5) is 14.7. The number of amides is 2. The second-order valence-corrected chi connectivity index (χ2v) is 5.79. The van der Waals surface area contributed by atoms with Gasteiger partial charge in [-0.2, -0.15) is 0 Å². The van der Waals surface area contributed by atoms with E-state index in [1.807, 2.05) is 29.2 Å². The van der Waals surface area contributed by atoms with Crippen molar-refractivity contribution in [3.63, 3.8) is 0 Å². The molecule has 0 bridgehead atoms. The van der Waals surface area contributed by atoms with Gasteiger partial charge in [0, 0.05) is 36.7 Å². The van der Waals surface area contributed by atoms with Crippen molar-refractivity contribution in [1.82, 2.24) is 9.47 Å². The van der Waals surface area contributed by atoms with Crippen LogP contribution in [-0.4, -0.2) is 29.2 Å². The molecule has 1 N–H and O–H groups in total. The van der Waals surface area contributed by atoms with E-state index in [9.17, 15) is 4.79 Å². The molecule has 2 aromatic rings. The van der Waals surface area contributed by atoms with Crippen LogP contribution < -0.4 is 10.1 Å². The number of hydrogen-bond acceptors (Lipinski definition) is 2. The summed E-state index contributed by atoms with van der Waals surface area (Å²) in [5, 5.41) is 3.00. The molecule has 0 spiro atoms. The molecule has 3 rings (SSSR count). The molecule has 0 saturated carbocycles. The number of carbonyl (C=O) groups is 1. The predicted octanol–water partition coefficient (Wildman–Crippen LogP) is 3.89. The second-order valence-electron chi connectivity index (χ2n) is 5.79. The zero-order valence-electron chi connectivity index (χ0n) is 13.7. The van der Waals surface area contributed by atoms with Crippen LogP contribution in [0.3, 0.4) is 0 Å². The van der Waals surface area contributed by atoms with Crippen LogP contribution in [0.2, 0.25) is 0 Å². The van der Waals surface area contributed by atoms with E-state index in [1.54, 1.807) is 7.11 Å². The summed E-state index contributed by atoms with van der Waals surface area (Å²) < 4.78 is 7.46. The van der Waals surface area contributed by atoms with Crippen LogP contribution in [0, 0.1) is 0 Å². The topological polar surface area (TPSA) is 46.5 Å². The van der Waals surface area contributed by atoms with Gasteiger partial charge in [0.05, 0.1) is 13.2 Å². The first-order valence-corrected chi connectivity index (χ1v) is 8.09. The molecule has 23 heavy (non-hydrogen) atoms. The second kappa shape index (κ2) is 6.77. The minimum atomic E-state index is -0.0517. The quantitative estimate of drug-likeness (QED) is 0.931. The Labute approximate surface area is 136 Å². The SMILES string of the molecule is CCC[C@H]1c2cccn2CCN1C(=O)Nc1cccc(OC)c1. The maximum absolute atomic E-state index is 12.7. The van der Waals surface area contributed by atoms with Crippen LogP contribution in [0.5, 0.6) is 5.75 Å². The van der Waals surface area contributed by atoms with Crippen molar-refractivity contribution in [1.29, 1.82) is 0 Å². The van der Waals surface area contributed by atoms with Gasteiger partial charge in [-0.15, -0.1) is 0 Å². The highest BCUT2D eigenvalue weighted by Gasteiger charge is 2.30. The van der Waals surface area contributed by atoms with Gasteiger partial charge >= 0.3 is 6.03 Å². The minimum Gasteiger partial charge on any atom is -0.497 e. The fraction of sp³-hybridized carbons (Fsp3) is 0.389. The van der Waals surface area contributed by atoms with Crippen LogP contribution in [0.25, 0.3) is 0 Å². The van der Waals surface area contributed by atoms with Gasteiger partial charge in [0.1, 0.15) is 5.75 Å². The van der Waals surface area contributed by atoms with Gasteiger partial charge < -0.3 is 19.5 Å². The molecular weight excluding hydrogens is 290 g/mol. The number of rotatable bonds is 4. The number of benzene rings is 1. The smallest absolute Gasteiger partial charge is 0.322 e. The molecule has 1 aromatic carbocycles. The van der Waals surface area contributed by atoms with Crippen molar-refractivity contribution in [2.75, 3.05) is 19.0 Å². The number of hydrogen-bond donors (Lipinski definition) is 1. The Balaban J connectivity index is 1.78.